The lowest BCUT2D eigenvalue weighted by Crippen LogP contribution is -2.30. The molecule has 17 heavy (non-hydrogen) atoms. The highest BCUT2D eigenvalue weighted by Gasteiger charge is 2.08. The first-order valence-corrected chi connectivity index (χ1v) is 5.19. The summed E-state index contributed by atoms with van der Waals surface area (Å²) in [6.07, 6.45) is 0. The molecule has 0 unspecified atom stereocenters. The Morgan fingerprint density at radius 2 is 1.94 bits per heavy atom. The molecule has 3 N–H and O–H groups in total. The Bertz CT molecular complexity index is 683. The number of rotatable bonds is 1. The molecule has 0 aliphatic heterocycles. The van der Waals surface area contributed by atoms with Crippen molar-refractivity contribution in [1.82, 2.24) is 9.55 Å². The zero-order valence-corrected chi connectivity index (χ0v) is 9.65. The van der Waals surface area contributed by atoms with Crippen molar-refractivity contribution in [2.75, 3.05) is 5.73 Å². The largest absolute Gasteiger partial charge is 0.385 e. The average Bonchev–Trinajstić information content (AvgIpc) is 2.23. The lowest BCUT2D eigenvalue weighted by atomic mass is 10.1. The maximum absolute atomic E-state index is 11.8. The van der Waals surface area contributed by atoms with E-state index < -0.39 is 11.2 Å². The standard InChI is InChI=1S/C12H13N3O2/c1-7-4-3-5-9(8(7)2)15-10(13)6-11(16)14-12(15)17/h3-6H,13H2,1-2H3,(H,14,16,17). The second-order valence-corrected chi connectivity index (χ2v) is 3.92. The molecule has 0 radical (unpaired) electrons. The van der Waals surface area contributed by atoms with Crippen LogP contribution in [0.2, 0.25) is 0 Å². The molecule has 2 rings (SSSR count). The van der Waals surface area contributed by atoms with Gasteiger partial charge in [-0.15, -0.1) is 0 Å². The van der Waals surface area contributed by atoms with E-state index in [1.165, 1.54) is 10.6 Å². The molecular formula is C12H13N3O2. The minimum absolute atomic E-state index is 0.132. The Hall–Kier alpha value is -2.30. The topological polar surface area (TPSA) is 80.9 Å². The van der Waals surface area contributed by atoms with Crippen LogP contribution >= 0.6 is 0 Å². The molecule has 0 fully saturated rings. The quantitative estimate of drug-likeness (QED) is 0.759. The second kappa shape index (κ2) is 3.93. The molecule has 0 saturated heterocycles. The molecule has 0 amide bonds. The highest BCUT2D eigenvalue weighted by Crippen LogP contribution is 2.17. The smallest absolute Gasteiger partial charge is 0.334 e. The van der Waals surface area contributed by atoms with Crippen LogP contribution < -0.4 is 17.0 Å². The van der Waals surface area contributed by atoms with Gasteiger partial charge in [-0.1, -0.05) is 12.1 Å². The summed E-state index contributed by atoms with van der Waals surface area (Å²) in [7, 11) is 0. The van der Waals surface area contributed by atoms with E-state index in [1.807, 2.05) is 26.0 Å². The van der Waals surface area contributed by atoms with Crippen LogP contribution in [0.3, 0.4) is 0 Å². The van der Waals surface area contributed by atoms with Gasteiger partial charge in [0.05, 0.1) is 5.69 Å². The number of nitrogen functional groups attached to an aromatic ring is 1. The van der Waals surface area contributed by atoms with E-state index in [1.54, 1.807) is 6.07 Å². The highest BCUT2D eigenvalue weighted by molar-refractivity contribution is 5.49. The molecule has 1 heterocycles. The van der Waals surface area contributed by atoms with Gasteiger partial charge >= 0.3 is 5.69 Å². The lowest BCUT2D eigenvalue weighted by Gasteiger charge is -2.12. The van der Waals surface area contributed by atoms with Gasteiger partial charge in [0, 0.05) is 6.07 Å². The van der Waals surface area contributed by atoms with E-state index >= 15 is 0 Å². The highest BCUT2D eigenvalue weighted by atomic mass is 16.2. The summed E-state index contributed by atoms with van der Waals surface area (Å²) >= 11 is 0. The van der Waals surface area contributed by atoms with Crippen molar-refractivity contribution >= 4 is 5.82 Å². The van der Waals surface area contributed by atoms with E-state index in [4.69, 9.17) is 5.73 Å². The number of aromatic amines is 1. The summed E-state index contributed by atoms with van der Waals surface area (Å²) in [6.45, 7) is 3.85. The Labute approximate surface area is 97.5 Å². The molecule has 2 aromatic rings. The fourth-order valence-corrected chi connectivity index (χ4v) is 1.74. The Balaban J connectivity index is 2.82. The number of aromatic nitrogens is 2. The van der Waals surface area contributed by atoms with Gasteiger partial charge in [0.1, 0.15) is 5.82 Å². The maximum Gasteiger partial charge on any atom is 0.334 e. The number of benzene rings is 1. The summed E-state index contributed by atoms with van der Waals surface area (Å²) in [4.78, 5) is 25.0. The summed E-state index contributed by atoms with van der Waals surface area (Å²) in [5.41, 5.74) is 7.39. The Kier molecular flexibility index (Phi) is 2.59. The number of hydrogen-bond acceptors (Lipinski definition) is 3. The van der Waals surface area contributed by atoms with Crippen molar-refractivity contribution in [3.05, 3.63) is 56.2 Å². The van der Waals surface area contributed by atoms with Crippen LogP contribution in [0.4, 0.5) is 5.82 Å². The van der Waals surface area contributed by atoms with Gasteiger partial charge in [0.2, 0.25) is 0 Å². The molecule has 88 valence electrons. The number of nitrogens with two attached hydrogens (primary N) is 1. The molecule has 0 aliphatic rings. The summed E-state index contributed by atoms with van der Waals surface area (Å²) in [6, 6.07) is 6.78. The summed E-state index contributed by atoms with van der Waals surface area (Å²) in [5, 5.41) is 0. The number of hydrogen-bond donors (Lipinski definition) is 2. The SMILES string of the molecule is Cc1cccc(-n2c(N)cc(=O)[nH]c2=O)c1C. The number of H-pyrrole nitrogens is 1. The lowest BCUT2D eigenvalue weighted by molar-refractivity contribution is 0.900. The van der Waals surface area contributed by atoms with E-state index in [2.05, 4.69) is 4.98 Å². The van der Waals surface area contributed by atoms with Crippen molar-refractivity contribution in [1.29, 1.82) is 0 Å². The number of nitrogens with one attached hydrogen (secondary N) is 1. The molecule has 1 aromatic carbocycles. The second-order valence-electron chi connectivity index (χ2n) is 3.92. The predicted octanol–water partition coefficient (Wildman–Crippen LogP) is 0.725. The first kappa shape index (κ1) is 11.2. The predicted molar refractivity (Wildman–Crippen MR) is 66.5 cm³/mol. The minimum Gasteiger partial charge on any atom is -0.385 e. The van der Waals surface area contributed by atoms with Crippen molar-refractivity contribution in [2.24, 2.45) is 0 Å². The van der Waals surface area contributed by atoms with Gasteiger partial charge in [-0.3, -0.25) is 9.78 Å². The van der Waals surface area contributed by atoms with Gasteiger partial charge in [0.15, 0.2) is 0 Å². The van der Waals surface area contributed by atoms with E-state index in [9.17, 15) is 9.59 Å². The number of nitrogens with zero attached hydrogens (tertiary/aromatic N) is 1. The van der Waals surface area contributed by atoms with Crippen molar-refractivity contribution < 1.29 is 0 Å². The van der Waals surface area contributed by atoms with Crippen molar-refractivity contribution in [3.63, 3.8) is 0 Å². The molecule has 0 aliphatic carbocycles. The molecule has 1 aromatic heterocycles. The maximum atomic E-state index is 11.8. The molecule has 5 heteroatoms. The van der Waals surface area contributed by atoms with Crippen LogP contribution in [0.25, 0.3) is 5.69 Å². The van der Waals surface area contributed by atoms with Crippen LogP contribution in [0.15, 0.2) is 33.9 Å². The third-order valence-electron chi connectivity index (χ3n) is 2.79. The van der Waals surface area contributed by atoms with Crippen LogP contribution in [0, 0.1) is 13.8 Å². The zero-order chi connectivity index (χ0) is 12.6. The monoisotopic (exact) mass is 231 g/mol. The first-order chi connectivity index (χ1) is 8.00. The summed E-state index contributed by atoms with van der Waals surface area (Å²) in [5.74, 6) is 0.132. The zero-order valence-electron chi connectivity index (χ0n) is 9.65. The van der Waals surface area contributed by atoms with Gasteiger partial charge in [-0.2, -0.15) is 0 Å². The van der Waals surface area contributed by atoms with E-state index in [0.29, 0.717) is 5.69 Å². The molecule has 0 saturated carbocycles. The fourth-order valence-electron chi connectivity index (χ4n) is 1.74. The van der Waals surface area contributed by atoms with Crippen molar-refractivity contribution in [3.8, 4) is 5.69 Å². The van der Waals surface area contributed by atoms with Gasteiger partial charge in [0.25, 0.3) is 5.56 Å². The molecule has 0 atom stereocenters. The van der Waals surface area contributed by atoms with Gasteiger partial charge in [-0.25, -0.2) is 9.36 Å². The third kappa shape index (κ3) is 1.87. The molecule has 0 spiro atoms. The Morgan fingerprint density at radius 3 is 2.59 bits per heavy atom. The van der Waals surface area contributed by atoms with Gasteiger partial charge in [-0.05, 0) is 31.0 Å². The van der Waals surface area contributed by atoms with E-state index in [0.717, 1.165) is 11.1 Å². The fraction of sp³-hybridized carbons (Fsp3) is 0.167. The Morgan fingerprint density at radius 1 is 1.24 bits per heavy atom. The van der Waals surface area contributed by atoms with Crippen LogP contribution in [0.5, 0.6) is 0 Å². The van der Waals surface area contributed by atoms with Crippen LogP contribution in [0.1, 0.15) is 11.1 Å². The van der Waals surface area contributed by atoms with Crippen LogP contribution in [-0.2, 0) is 0 Å². The van der Waals surface area contributed by atoms with Crippen molar-refractivity contribution in [2.45, 2.75) is 13.8 Å². The third-order valence-corrected chi connectivity index (χ3v) is 2.79. The molecule has 5 nitrogen and oxygen atoms in total. The number of aryl methyl sites for hydroxylation is 1. The van der Waals surface area contributed by atoms with Gasteiger partial charge < -0.3 is 5.73 Å². The van der Waals surface area contributed by atoms with Crippen LogP contribution in [-0.4, -0.2) is 9.55 Å². The van der Waals surface area contributed by atoms with E-state index in [-0.39, 0.29) is 5.82 Å². The first-order valence-electron chi connectivity index (χ1n) is 5.19. The molecule has 0 bridgehead atoms. The average molecular weight is 231 g/mol. The molecular weight excluding hydrogens is 218 g/mol. The summed E-state index contributed by atoms with van der Waals surface area (Å²) < 4.78 is 1.30. The minimum atomic E-state index is -0.524. The normalized spacial score (nSPS) is 10.5. The number of anilines is 1.